The van der Waals surface area contributed by atoms with Gasteiger partial charge in [0.25, 0.3) is 5.91 Å². The van der Waals surface area contributed by atoms with E-state index in [1.54, 1.807) is 6.07 Å². The number of carbonyl (C=O) groups excluding carboxylic acids is 1. The molecule has 3 rings (SSSR count). The Bertz CT molecular complexity index is 628. The fourth-order valence-electron chi connectivity index (χ4n) is 2.89. The molecule has 0 bridgehead atoms. The van der Waals surface area contributed by atoms with Crippen LogP contribution in [0.2, 0.25) is 0 Å². The zero-order chi connectivity index (χ0) is 16.1. The van der Waals surface area contributed by atoms with Crippen molar-refractivity contribution in [3.8, 4) is 0 Å². The second kappa shape index (κ2) is 7.47. The lowest BCUT2D eigenvalue weighted by Crippen LogP contribution is -2.32. The summed E-state index contributed by atoms with van der Waals surface area (Å²) in [5.74, 6) is 1.92. The molecule has 0 atom stereocenters. The molecule has 0 saturated carbocycles. The fraction of sp³-hybridized carbons (Fsp3) is 0.421. The zero-order valence-electron chi connectivity index (χ0n) is 13.6. The molecule has 0 spiro atoms. The summed E-state index contributed by atoms with van der Waals surface area (Å²) in [4.78, 5) is 14.5. The second-order valence-electron chi connectivity index (χ2n) is 6.39. The van der Waals surface area contributed by atoms with Gasteiger partial charge < -0.3 is 9.73 Å². The average molecular weight is 312 g/mol. The van der Waals surface area contributed by atoms with Gasteiger partial charge in [0.15, 0.2) is 5.76 Å². The molecule has 2 aromatic rings. The number of carbonyl (C=O) groups is 1. The third kappa shape index (κ3) is 4.45. The molecule has 2 heterocycles. The Balaban J connectivity index is 1.51. The summed E-state index contributed by atoms with van der Waals surface area (Å²) >= 11 is 0. The van der Waals surface area contributed by atoms with Crippen LogP contribution in [0.15, 0.2) is 46.9 Å². The van der Waals surface area contributed by atoms with Crippen molar-refractivity contribution in [2.75, 3.05) is 13.1 Å². The summed E-state index contributed by atoms with van der Waals surface area (Å²) in [5.41, 5.74) is 1.08. The first-order valence-electron chi connectivity index (χ1n) is 8.34. The van der Waals surface area contributed by atoms with Gasteiger partial charge in [0.2, 0.25) is 0 Å². The van der Waals surface area contributed by atoms with E-state index in [4.69, 9.17) is 4.42 Å². The summed E-state index contributed by atoms with van der Waals surface area (Å²) in [6.07, 6.45) is 2.48. The fourth-order valence-corrected chi connectivity index (χ4v) is 2.89. The van der Waals surface area contributed by atoms with Crippen molar-refractivity contribution < 1.29 is 9.21 Å². The smallest absolute Gasteiger partial charge is 0.287 e. The van der Waals surface area contributed by atoms with E-state index in [1.807, 2.05) is 36.4 Å². The molecule has 23 heavy (non-hydrogen) atoms. The van der Waals surface area contributed by atoms with Crippen molar-refractivity contribution in [2.45, 2.75) is 32.9 Å². The minimum atomic E-state index is -0.160. The number of hydrogen-bond acceptors (Lipinski definition) is 3. The van der Waals surface area contributed by atoms with Crippen LogP contribution in [0.1, 0.15) is 41.6 Å². The van der Waals surface area contributed by atoms with Gasteiger partial charge >= 0.3 is 0 Å². The largest absolute Gasteiger partial charge is 0.455 e. The number of benzene rings is 1. The number of rotatable bonds is 5. The molecular formula is C19H24N2O2. The Labute approximate surface area is 137 Å². The first kappa shape index (κ1) is 15.8. The zero-order valence-corrected chi connectivity index (χ0v) is 13.6. The number of piperidine rings is 1. The van der Waals surface area contributed by atoms with E-state index in [2.05, 4.69) is 17.1 Å². The summed E-state index contributed by atoms with van der Waals surface area (Å²) in [5, 5.41) is 2.89. The molecule has 1 N–H and O–H groups in total. The summed E-state index contributed by atoms with van der Waals surface area (Å²) in [6, 6.07) is 13.6. The monoisotopic (exact) mass is 312 g/mol. The molecule has 0 unspecified atom stereocenters. The topological polar surface area (TPSA) is 45.5 Å². The minimum Gasteiger partial charge on any atom is -0.455 e. The predicted molar refractivity (Wildman–Crippen MR) is 90.0 cm³/mol. The third-order valence-electron chi connectivity index (χ3n) is 4.44. The van der Waals surface area contributed by atoms with Gasteiger partial charge in [-0.05, 0) is 49.5 Å². The number of nitrogens with zero attached hydrogens (tertiary/aromatic N) is 1. The van der Waals surface area contributed by atoms with Gasteiger partial charge in [0.1, 0.15) is 5.76 Å². The van der Waals surface area contributed by atoms with Gasteiger partial charge in [0, 0.05) is 6.54 Å². The Morgan fingerprint density at radius 1 is 1.17 bits per heavy atom. The number of furan rings is 1. The Hall–Kier alpha value is -2.07. The van der Waals surface area contributed by atoms with Crippen LogP contribution < -0.4 is 5.32 Å². The molecule has 4 heteroatoms. The van der Waals surface area contributed by atoms with Gasteiger partial charge in [0.05, 0.1) is 6.54 Å². The highest BCUT2D eigenvalue weighted by atomic mass is 16.4. The van der Waals surface area contributed by atoms with Crippen LogP contribution in [0.4, 0.5) is 0 Å². The maximum Gasteiger partial charge on any atom is 0.287 e. The van der Waals surface area contributed by atoms with E-state index >= 15 is 0 Å². The molecule has 1 aromatic heterocycles. The van der Waals surface area contributed by atoms with Crippen LogP contribution in [0, 0.1) is 5.92 Å². The van der Waals surface area contributed by atoms with Crippen molar-refractivity contribution in [3.05, 3.63) is 59.5 Å². The van der Waals surface area contributed by atoms with Crippen LogP contribution in [0.25, 0.3) is 0 Å². The lowest BCUT2D eigenvalue weighted by atomic mass is 9.99. The highest BCUT2D eigenvalue weighted by Gasteiger charge is 2.18. The van der Waals surface area contributed by atoms with E-state index in [9.17, 15) is 4.79 Å². The number of likely N-dealkylation sites (tertiary alicyclic amines) is 1. The molecule has 1 aromatic carbocycles. The van der Waals surface area contributed by atoms with Gasteiger partial charge in [-0.25, -0.2) is 0 Å². The number of amides is 1. The Kier molecular flexibility index (Phi) is 5.13. The summed E-state index contributed by atoms with van der Waals surface area (Å²) < 4.78 is 5.71. The van der Waals surface area contributed by atoms with Crippen LogP contribution in [-0.4, -0.2) is 23.9 Å². The molecule has 1 fully saturated rings. The molecule has 0 aliphatic carbocycles. The van der Waals surface area contributed by atoms with E-state index in [-0.39, 0.29) is 5.91 Å². The van der Waals surface area contributed by atoms with Crippen molar-refractivity contribution in [1.29, 1.82) is 0 Å². The molecular weight excluding hydrogens is 288 g/mol. The lowest BCUT2D eigenvalue weighted by Gasteiger charge is -2.29. The molecule has 1 amide bonds. The first-order valence-corrected chi connectivity index (χ1v) is 8.34. The highest BCUT2D eigenvalue weighted by molar-refractivity contribution is 5.91. The standard InChI is InChI=1S/C19H24N2O2/c1-15-9-11-21(12-10-15)14-17-7-8-18(23-17)19(22)20-13-16-5-3-2-4-6-16/h2-8,15H,9-14H2,1H3,(H,20,22). The Morgan fingerprint density at radius 3 is 2.65 bits per heavy atom. The van der Waals surface area contributed by atoms with Crippen molar-refractivity contribution in [3.63, 3.8) is 0 Å². The normalized spacial score (nSPS) is 16.4. The van der Waals surface area contributed by atoms with Gasteiger partial charge in [-0.3, -0.25) is 9.69 Å². The molecule has 1 aliphatic heterocycles. The lowest BCUT2D eigenvalue weighted by molar-refractivity contribution is 0.0918. The third-order valence-corrected chi connectivity index (χ3v) is 4.44. The molecule has 1 saturated heterocycles. The van der Waals surface area contributed by atoms with Gasteiger partial charge in [-0.2, -0.15) is 0 Å². The number of hydrogen-bond donors (Lipinski definition) is 1. The van der Waals surface area contributed by atoms with Crippen molar-refractivity contribution in [2.24, 2.45) is 5.92 Å². The number of nitrogens with one attached hydrogen (secondary N) is 1. The SMILES string of the molecule is CC1CCN(Cc2ccc(C(=O)NCc3ccccc3)o2)CC1. The molecule has 1 aliphatic rings. The van der Waals surface area contributed by atoms with Crippen LogP contribution in [0.5, 0.6) is 0 Å². The Morgan fingerprint density at radius 2 is 1.91 bits per heavy atom. The van der Waals surface area contributed by atoms with Crippen molar-refractivity contribution >= 4 is 5.91 Å². The molecule has 122 valence electrons. The molecule has 0 radical (unpaired) electrons. The summed E-state index contributed by atoms with van der Waals surface area (Å²) in [7, 11) is 0. The quantitative estimate of drug-likeness (QED) is 0.920. The maximum absolute atomic E-state index is 12.1. The van der Waals surface area contributed by atoms with Crippen LogP contribution in [0.3, 0.4) is 0 Å². The van der Waals surface area contributed by atoms with E-state index < -0.39 is 0 Å². The van der Waals surface area contributed by atoms with Crippen LogP contribution >= 0.6 is 0 Å². The van der Waals surface area contributed by atoms with Crippen LogP contribution in [-0.2, 0) is 13.1 Å². The molecule has 4 nitrogen and oxygen atoms in total. The highest BCUT2D eigenvalue weighted by Crippen LogP contribution is 2.19. The minimum absolute atomic E-state index is 0.160. The predicted octanol–water partition coefficient (Wildman–Crippen LogP) is 3.44. The van der Waals surface area contributed by atoms with Crippen molar-refractivity contribution in [1.82, 2.24) is 10.2 Å². The van der Waals surface area contributed by atoms with E-state index in [0.717, 1.165) is 36.9 Å². The van der Waals surface area contributed by atoms with Gasteiger partial charge in [-0.1, -0.05) is 37.3 Å². The average Bonchev–Trinajstić information content (AvgIpc) is 3.04. The first-order chi connectivity index (χ1) is 11.2. The second-order valence-corrected chi connectivity index (χ2v) is 6.39. The maximum atomic E-state index is 12.1. The van der Waals surface area contributed by atoms with E-state index in [1.165, 1.54) is 12.8 Å². The van der Waals surface area contributed by atoms with Gasteiger partial charge in [-0.15, -0.1) is 0 Å². The summed E-state index contributed by atoms with van der Waals surface area (Å²) in [6.45, 7) is 5.83. The van der Waals surface area contributed by atoms with E-state index in [0.29, 0.717) is 12.3 Å².